The first-order chi connectivity index (χ1) is 12.5. The van der Waals surface area contributed by atoms with Gasteiger partial charge in [0.05, 0.1) is 5.56 Å². The van der Waals surface area contributed by atoms with E-state index in [0.29, 0.717) is 19.5 Å². The molecule has 1 unspecified atom stereocenters. The Morgan fingerprint density at radius 2 is 2.04 bits per heavy atom. The molecule has 0 aliphatic carbocycles. The molecule has 2 aromatic rings. The van der Waals surface area contributed by atoms with Gasteiger partial charge in [-0.25, -0.2) is 13.8 Å². The van der Waals surface area contributed by atoms with E-state index < -0.39 is 17.6 Å². The molecule has 1 fully saturated rings. The van der Waals surface area contributed by atoms with Crippen LogP contribution < -0.4 is 0 Å². The van der Waals surface area contributed by atoms with E-state index in [1.165, 1.54) is 11.4 Å². The van der Waals surface area contributed by atoms with E-state index in [9.17, 15) is 18.4 Å². The van der Waals surface area contributed by atoms with Gasteiger partial charge in [-0.1, -0.05) is 6.07 Å². The van der Waals surface area contributed by atoms with Crippen molar-refractivity contribution in [2.45, 2.75) is 25.7 Å². The molecule has 1 aromatic carbocycles. The predicted molar refractivity (Wildman–Crippen MR) is 93.0 cm³/mol. The summed E-state index contributed by atoms with van der Waals surface area (Å²) in [4.78, 5) is 29.2. The second kappa shape index (κ2) is 7.90. The number of carbonyl (C=O) groups is 2. The van der Waals surface area contributed by atoms with Gasteiger partial charge in [-0.15, -0.1) is 11.3 Å². The molecule has 0 spiro atoms. The van der Waals surface area contributed by atoms with Crippen molar-refractivity contribution in [3.63, 3.8) is 0 Å². The van der Waals surface area contributed by atoms with E-state index in [1.807, 2.05) is 0 Å². The van der Waals surface area contributed by atoms with Crippen molar-refractivity contribution in [1.29, 1.82) is 0 Å². The van der Waals surface area contributed by atoms with Crippen LogP contribution in [0.1, 0.15) is 36.2 Å². The maximum Gasteiger partial charge on any atom is 0.303 e. The normalized spacial score (nSPS) is 17.3. The van der Waals surface area contributed by atoms with Crippen LogP contribution in [0, 0.1) is 17.6 Å². The number of piperidine rings is 1. The molecule has 1 aliphatic rings. The molecule has 1 aliphatic heterocycles. The standard InChI is InChI=1S/C18H18F2N2O3S/c19-12-4-1-5-13(20)16(12)17-21-14(10-26-17)18(25)22-8-2-3-11(9-22)6-7-15(23)24/h1,4-5,10-11H,2-3,6-9H2,(H,23,24). The van der Waals surface area contributed by atoms with Gasteiger partial charge in [-0.2, -0.15) is 0 Å². The Morgan fingerprint density at radius 3 is 2.73 bits per heavy atom. The van der Waals surface area contributed by atoms with Crippen LogP contribution in [0.15, 0.2) is 23.6 Å². The third kappa shape index (κ3) is 4.07. The van der Waals surface area contributed by atoms with Crippen molar-refractivity contribution in [3.8, 4) is 10.6 Å². The van der Waals surface area contributed by atoms with E-state index in [4.69, 9.17) is 5.11 Å². The van der Waals surface area contributed by atoms with E-state index in [-0.39, 0.29) is 34.5 Å². The first-order valence-electron chi connectivity index (χ1n) is 8.36. The Morgan fingerprint density at radius 1 is 1.31 bits per heavy atom. The minimum absolute atomic E-state index is 0.0834. The third-order valence-electron chi connectivity index (χ3n) is 4.47. The molecule has 0 saturated carbocycles. The maximum atomic E-state index is 13.9. The molecule has 1 aromatic heterocycles. The smallest absolute Gasteiger partial charge is 0.303 e. The van der Waals surface area contributed by atoms with E-state index in [0.717, 1.165) is 36.3 Å². The summed E-state index contributed by atoms with van der Waals surface area (Å²) < 4.78 is 27.8. The number of carboxylic acids is 1. The SMILES string of the molecule is O=C(O)CCC1CCCN(C(=O)c2csc(-c3c(F)cccc3F)n2)C1. The highest BCUT2D eigenvalue weighted by molar-refractivity contribution is 7.13. The number of hydrogen-bond acceptors (Lipinski definition) is 4. The number of nitrogens with zero attached hydrogens (tertiary/aromatic N) is 2. The number of likely N-dealkylation sites (tertiary alicyclic amines) is 1. The zero-order valence-electron chi connectivity index (χ0n) is 14.0. The molecule has 0 bridgehead atoms. The Labute approximate surface area is 153 Å². The highest BCUT2D eigenvalue weighted by Crippen LogP contribution is 2.30. The van der Waals surface area contributed by atoms with Gasteiger partial charge in [-0.05, 0) is 37.3 Å². The van der Waals surface area contributed by atoms with E-state index >= 15 is 0 Å². The fourth-order valence-electron chi connectivity index (χ4n) is 3.16. The van der Waals surface area contributed by atoms with Crippen LogP contribution in [0.5, 0.6) is 0 Å². The molecule has 3 rings (SSSR count). The molecule has 138 valence electrons. The van der Waals surface area contributed by atoms with Gasteiger partial charge in [0.25, 0.3) is 5.91 Å². The molecule has 8 heteroatoms. The van der Waals surface area contributed by atoms with Gasteiger partial charge >= 0.3 is 5.97 Å². The highest BCUT2D eigenvalue weighted by atomic mass is 32.1. The first kappa shape index (κ1) is 18.4. The van der Waals surface area contributed by atoms with Crippen molar-refractivity contribution in [2.75, 3.05) is 13.1 Å². The quantitative estimate of drug-likeness (QED) is 0.856. The number of aliphatic carboxylic acids is 1. The molecule has 26 heavy (non-hydrogen) atoms. The number of rotatable bonds is 5. The van der Waals surface area contributed by atoms with Gasteiger partial charge in [-0.3, -0.25) is 9.59 Å². The van der Waals surface area contributed by atoms with Crippen molar-refractivity contribution >= 4 is 23.2 Å². The van der Waals surface area contributed by atoms with Crippen LogP contribution in [-0.2, 0) is 4.79 Å². The Kier molecular flexibility index (Phi) is 5.61. The van der Waals surface area contributed by atoms with Crippen LogP contribution in [0.3, 0.4) is 0 Å². The summed E-state index contributed by atoms with van der Waals surface area (Å²) in [5.41, 5.74) is -0.0685. The minimum Gasteiger partial charge on any atom is -0.481 e. The lowest BCUT2D eigenvalue weighted by Gasteiger charge is -2.32. The zero-order valence-corrected chi connectivity index (χ0v) is 14.8. The monoisotopic (exact) mass is 380 g/mol. The number of benzene rings is 1. The fraction of sp³-hybridized carbons (Fsp3) is 0.389. The maximum absolute atomic E-state index is 13.9. The van der Waals surface area contributed by atoms with Crippen molar-refractivity contribution in [1.82, 2.24) is 9.88 Å². The van der Waals surface area contributed by atoms with Crippen LogP contribution >= 0.6 is 11.3 Å². The second-order valence-electron chi connectivity index (χ2n) is 6.33. The number of aromatic nitrogens is 1. The number of carboxylic acid groups (broad SMARTS) is 1. The van der Waals surface area contributed by atoms with Crippen LogP contribution in [0.25, 0.3) is 10.6 Å². The number of amides is 1. The summed E-state index contributed by atoms with van der Waals surface area (Å²) in [6.07, 6.45) is 2.30. The third-order valence-corrected chi connectivity index (χ3v) is 5.33. The van der Waals surface area contributed by atoms with Gasteiger partial charge in [0, 0.05) is 24.9 Å². The fourth-order valence-corrected chi connectivity index (χ4v) is 4.00. The Hall–Kier alpha value is -2.35. The summed E-state index contributed by atoms with van der Waals surface area (Å²) in [5, 5.41) is 10.4. The zero-order chi connectivity index (χ0) is 18.7. The summed E-state index contributed by atoms with van der Waals surface area (Å²) in [5.74, 6) is -2.42. The second-order valence-corrected chi connectivity index (χ2v) is 7.18. The molecular weight excluding hydrogens is 362 g/mol. The molecule has 5 nitrogen and oxygen atoms in total. The summed E-state index contributed by atoms with van der Waals surface area (Å²) >= 11 is 1.02. The first-order valence-corrected chi connectivity index (χ1v) is 9.24. The number of carbonyl (C=O) groups excluding carboxylic acids is 1. The summed E-state index contributed by atoms with van der Waals surface area (Å²) in [6.45, 7) is 1.05. The number of halogens is 2. The predicted octanol–water partition coefficient (Wildman–Crippen LogP) is 3.81. The molecule has 1 N–H and O–H groups in total. The molecule has 1 saturated heterocycles. The van der Waals surface area contributed by atoms with Gasteiger partial charge in [0.2, 0.25) is 0 Å². The molecule has 1 atom stereocenters. The average molecular weight is 380 g/mol. The summed E-state index contributed by atoms with van der Waals surface area (Å²) in [7, 11) is 0. The Bertz CT molecular complexity index is 804. The summed E-state index contributed by atoms with van der Waals surface area (Å²) in [6, 6.07) is 3.58. The highest BCUT2D eigenvalue weighted by Gasteiger charge is 2.27. The Balaban J connectivity index is 1.73. The topological polar surface area (TPSA) is 70.5 Å². The molecular formula is C18H18F2N2O3S. The van der Waals surface area contributed by atoms with Gasteiger partial charge in [0.1, 0.15) is 22.3 Å². The average Bonchev–Trinajstić information content (AvgIpc) is 3.09. The van der Waals surface area contributed by atoms with E-state index in [2.05, 4.69) is 4.98 Å². The van der Waals surface area contributed by atoms with Crippen molar-refractivity contribution in [3.05, 3.63) is 40.9 Å². The van der Waals surface area contributed by atoms with Crippen molar-refractivity contribution < 1.29 is 23.5 Å². The van der Waals surface area contributed by atoms with Crippen LogP contribution in [0.4, 0.5) is 8.78 Å². The molecule has 2 heterocycles. The van der Waals surface area contributed by atoms with Gasteiger partial charge < -0.3 is 10.0 Å². The van der Waals surface area contributed by atoms with Crippen LogP contribution in [-0.4, -0.2) is 40.0 Å². The van der Waals surface area contributed by atoms with Crippen molar-refractivity contribution in [2.24, 2.45) is 5.92 Å². The lowest BCUT2D eigenvalue weighted by Crippen LogP contribution is -2.40. The minimum atomic E-state index is -0.843. The molecule has 1 amide bonds. The lowest BCUT2D eigenvalue weighted by molar-refractivity contribution is -0.137. The number of hydrogen-bond donors (Lipinski definition) is 1. The largest absolute Gasteiger partial charge is 0.481 e. The number of thiazole rings is 1. The lowest BCUT2D eigenvalue weighted by atomic mass is 9.93. The molecule has 0 radical (unpaired) electrons. The van der Waals surface area contributed by atoms with Crippen LogP contribution in [0.2, 0.25) is 0 Å². The van der Waals surface area contributed by atoms with Gasteiger partial charge in [0.15, 0.2) is 0 Å². The van der Waals surface area contributed by atoms with E-state index in [1.54, 1.807) is 4.90 Å².